The van der Waals surface area contributed by atoms with Gasteiger partial charge in [0.05, 0.1) is 16.0 Å². The summed E-state index contributed by atoms with van der Waals surface area (Å²) in [5, 5.41) is 10.0. The Morgan fingerprint density at radius 3 is 2.38 bits per heavy atom. The van der Waals surface area contributed by atoms with Crippen molar-refractivity contribution in [1.29, 1.82) is 0 Å². The predicted octanol–water partition coefficient (Wildman–Crippen LogP) is 3.89. The smallest absolute Gasteiger partial charge is 0.307 e. The molecule has 0 heterocycles. The number of rotatable bonds is 4. The first-order chi connectivity index (χ1) is 7.41. The van der Waals surface area contributed by atoms with Crippen LogP contribution in [0, 0.1) is 11.8 Å². The van der Waals surface area contributed by atoms with Crippen molar-refractivity contribution in [2.24, 2.45) is 11.8 Å². The topological polar surface area (TPSA) is 37.3 Å². The van der Waals surface area contributed by atoms with Crippen molar-refractivity contribution in [2.45, 2.75) is 20.3 Å². The number of hydrogen-bond acceptors (Lipinski definition) is 1. The van der Waals surface area contributed by atoms with Gasteiger partial charge in [-0.05, 0) is 30.0 Å². The highest BCUT2D eigenvalue weighted by Crippen LogP contribution is 2.25. The minimum absolute atomic E-state index is 0.0898. The summed E-state index contributed by atoms with van der Waals surface area (Å²) in [6, 6.07) is 5.23. The van der Waals surface area contributed by atoms with Crippen molar-refractivity contribution in [3.8, 4) is 0 Å². The molecule has 0 aromatic heterocycles. The third-order valence-electron chi connectivity index (χ3n) is 2.56. The van der Waals surface area contributed by atoms with Gasteiger partial charge in [-0.3, -0.25) is 4.79 Å². The number of aliphatic carboxylic acids is 1. The van der Waals surface area contributed by atoms with Crippen molar-refractivity contribution in [3.05, 3.63) is 33.8 Å². The van der Waals surface area contributed by atoms with Crippen LogP contribution in [0.5, 0.6) is 0 Å². The zero-order valence-corrected chi connectivity index (χ0v) is 10.7. The molecule has 1 aromatic carbocycles. The molecule has 2 nitrogen and oxygen atoms in total. The molecule has 0 saturated carbocycles. The lowest BCUT2D eigenvalue weighted by atomic mass is 9.89. The van der Waals surface area contributed by atoms with Gasteiger partial charge in [-0.15, -0.1) is 0 Å². The summed E-state index contributed by atoms with van der Waals surface area (Å²) < 4.78 is 0. The SMILES string of the molecule is CC(C)[C@@H](Cc1ccc(Cl)c(Cl)c1)C(=O)O. The molecule has 0 aliphatic heterocycles. The number of carbonyl (C=O) groups is 1. The molecule has 0 aliphatic carbocycles. The highest BCUT2D eigenvalue weighted by atomic mass is 35.5. The van der Waals surface area contributed by atoms with Crippen LogP contribution in [0.2, 0.25) is 10.0 Å². The molecule has 0 bridgehead atoms. The molecule has 1 rings (SSSR count). The minimum atomic E-state index is -0.777. The molecule has 1 atom stereocenters. The average Bonchev–Trinajstić information content (AvgIpc) is 2.18. The second kappa shape index (κ2) is 5.55. The van der Waals surface area contributed by atoms with Crippen molar-refractivity contribution in [2.75, 3.05) is 0 Å². The van der Waals surface area contributed by atoms with Crippen LogP contribution in [0.15, 0.2) is 18.2 Å². The number of hydrogen-bond donors (Lipinski definition) is 1. The van der Waals surface area contributed by atoms with E-state index in [1.165, 1.54) is 0 Å². The summed E-state index contributed by atoms with van der Waals surface area (Å²) in [5.41, 5.74) is 0.899. The maximum Gasteiger partial charge on any atom is 0.307 e. The van der Waals surface area contributed by atoms with Crippen LogP contribution in [0.3, 0.4) is 0 Å². The summed E-state index contributed by atoms with van der Waals surface area (Å²) in [7, 11) is 0. The van der Waals surface area contributed by atoms with E-state index >= 15 is 0 Å². The molecule has 0 saturated heterocycles. The van der Waals surface area contributed by atoms with E-state index in [4.69, 9.17) is 28.3 Å². The van der Waals surface area contributed by atoms with Crippen LogP contribution >= 0.6 is 23.2 Å². The maximum atomic E-state index is 11.0. The highest BCUT2D eigenvalue weighted by molar-refractivity contribution is 6.42. The lowest BCUT2D eigenvalue weighted by Gasteiger charge is -2.16. The normalized spacial score (nSPS) is 12.8. The van der Waals surface area contributed by atoms with Gasteiger partial charge in [-0.25, -0.2) is 0 Å². The molecule has 1 N–H and O–H groups in total. The zero-order valence-electron chi connectivity index (χ0n) is 9.21. The molecule has 0 unspecified atom stereocenters. The van der Waals surface area contributed by atoms with Crippen LogP contribution in [-0.2, 0) is 11.2 Å². The van der Waals surface area contributed by atoms with Crippen molar-refractivity contribution in [1.82, 2.24) is 0 Å². The molecule has 0 fully saturated rings. The molecular weight excluding hydrogens is 247 g/mol. The van der Waals surface area contributed by atoms with Crippen LogP contribution in [0.25, 0.3) is 0 Å². The molecule has 4 heteroatoms. The van der Waals surface area contributed by atoms with E-state index in [1.54, 1.807) is 12.1 Å². The Morgan fingerprint density at radius 1 is 1.31 bits per heavy atom. The Morgan fingerprint density at radius 2 is 1.94 bits per heavy atom. The van der Waals surface area contributed by atoms with Gasteiger partial charge in [0.1, 0.15) is 0 Å². The van der Waals surface area contributed by atoms with E-state index in [0.29, 0.717) is 16.5 Å². The zero-order chi connectivity index (χ0) is 12.3. The Balaban J connectivity index is 2.86. The molecule has 16 heavy (non-hydrogen) atoms. The lowest BCUT2D eigenvalue weighted by Crippen LogP contribution is -2.22. The molecular formula is C12H14Cl2O2. The molecule has 0 amide bonds. The third kappa shape index (κ3) is 3.39. The fourth-order valence-electron chi connectivity index (χ4n) is 1.53. The maximum absolute atomic E-state index is 11.0. The van der Waals surface area contributed by atoms with Gasteiger partial charge in [0.25, 0.3) is 0 Å². The van der Waals surface area contributed by atoms with Gasteiger partial charge in [-0.2, -0.15) is 0 Å². The first kappa shape index (κ1) is 13.3. The average molecular weight is 261 g/mol. The standard InChI is InChI=1S/C12H14Cl2O2/c1-7(2)9(12(15)16)5-8-3-4-10(13)11(14)6-8/h3-4,6-7,9H,5H2,1-2H3,(H,15,16)/t9-/m1/s1. The van der Waals surface area contributed by atoms with Crippen molar-refractivity contribution >= 4 is 29.2 Å². The van der Waals surface area contributed by atoms with Gasteiger partial charge in [0.15, 0.2) is 0 Å². The van der Waals surface area contributed by atoms with Gasteiger partial charge in [-0.1, -0.05) is 43.1 Å². The van der Waals surface area contributed by atoms with Crippen molar-refractivity contribution < 1.29 is 9.90 Å². The minimum Gasteiger partial charge on any atom is -0.481 e. The number of carboxylic acids is 1. The Kier molecular flexibility index (Phi) is 4.63. The monoisotopic (exact) mass is 260 g/mol. The van der Waals surface area contributed by atoms with E-state index in [-0.39, 0.29) is 5.92 Å². The second-order valence-electron chi connectivity index (χ2n) is 4.14. The molecule has 88 valence electrons. The summed E-state index contributed by atoms with van der Waals surface area (Å²) in [6.45, 7) is 3.80. The van der Waals surface area contributed by atoms with Gasteiger partial charge >= 0.3 is 5.97 Å². The molecule has 0 spiro atoms. The van der Waals surface area contributed by atoms with E-state index in [0.717, 1.165) is 5.56 Å². The predicted molar refractivity (Wildman–Crippen MR) is 66.1 cm³/mol. The fraction of sp³-hybridized carbons (Fsp3) is 0.417. The second-order valence-corrected chi connectivity index (χ2v) is 4.96. The Bertz CT molecular complexity index is 389. The first-order valence-electron chi connectivity index (χ1n) is 5.08. The summed E-state index contributed by atoms with van der Waals surface area (Å²) in [5.74, 6) is -1.08. The van der Waals surface area contributed by atoms with E-state index in [9.17, 15) is 4.79 Å². The number of carboxylic acid groups (broad SMARTS) is 1. The van der Waals surface area contributed by atoms with E-state index in [1.807, 2.05) is 19.9 Å². The summed E-state index contributed by atoms with van der Waals surface area (Å²) >= 11 is 11.7. The highest BCUT2D eigenvalue weighted by Gasteiger charge is 2.21. The van der Waals surface area contributed by atoms with E-state index in [2.05, 4.69) is 0 Å². The number of benzene rings is 1. The van der Waals surface area contributed by atoms with Crippen LogP contribution in [-0.4, -0.2) is 11.1 Å². The van der Waals surface area contributed by atoms with Crippen LogP contribution in [0.1, 0.15) is 19.4 Å². The number of halogens is 2. The third-order valence-corrected chi connectivity index (χ3v) is 3.30. The molecule has 1 aromatic rings. The van der Waals surface area contributed by atoms with Crippen molar-refractivity contribution in [3.63, 3.8) is 0 Å². The fourth-order valence-corrected chi connectivity index (χ4v) is 1.85. The van der Waals surface area contributed by atoms with Gasteiger partial charge < -0.3 is 5.11 Å². The Hall–Kier alpha value is -0.730. The first-order valence-corrected chi connectivity index (χ1v) is 5.84. The lowest BCUT2D eigenvalue weighted by molar-refractivity contribution is -0.143. The van der Waals surface area contributed by atoms with Gasteiger partial charge in [0.2, 0.25) is 0 Å². The quantitative estimate of drug-likeness (QED) is 0.892. The van der Waals surface area contributed by atoms with Crippen LogP contribution < -0.4 is 0 Å². The van der Waals surface area contributed by atoms with Crippen LogP contribution in [0.4, 0.5) is 0 Å². The summed E-state index contributed by atoms with van der Waals surface area (Å²) in [6.07, 6.45) is 0.476. The summed E-state index contributed by atoms with van der Waals surface area (Å²) in [4.78, 5) is 11.0. The molecule has 0 radical (unpaired) electrons. The van der Waals surface area contributed by atoms with Gasteiger partial charge in [0, 0.05) is 0 Å². The molecule has 0 aliphatic rings. The largest absolute Gasteiger partial charge is 0.481 e. The Labute approximate surface area is 105 Å². The van der Waals surface area contributed by atoms with E-state index < -0.39 is 11.9 Å².